The molecule has 0 radical (unpaired) electrons. The maximum Gasteiger partial charge on any atom is 0.240 e. The Morgan fingerprint density at radius 2 is 2.12 bits per heavy atom. The summed E-state index contributed by atoms with van der Waals surface area (Å²) in [5, 5.41) is 0. The summed E-state index contributed by atoms with van der Waals surface area (Å²) in [4.78, 5) is 17.7. The van der Waals surface area contributed by atoms with Crippen LogP contribution in [0.2, 0.25) is 0 Å². The van der Waals surface area contributed by atoms with Gasteiger partial charge < -0.3 is 4.90 Å². The van der Waals surface area contributed by atoms with Crippen molar-refractivity contribution in [3.8, 4) is 0 Å². The van der Waals surface area contributed by atoms with Crippen molar-refractivity contribution in [3.63, 3.8) is 0 Å². The minimum atomic E-state index is -3.62. The highest BCUT2D eigenvalue weighted by molar-refractivity contribution is 7.89. The third-order valence-corrected chi connectivity index (χ3v) is 5.43. The largest absolute Gasteiger partial charge is 0.312 e. The lowest BCUT2D eigenvalue weighted by molar-refractivity contribution is -0.116. The molecule has 0 atom stereocenters. The van der Waals surface area contributed by atoms with E-state index in [0.29, 0.717) is 12.2 Å². The van der Waals surface area contributed by atoms with Gasteiger partial charge >= 0.3 is 0 Å². The highest BCUT2D eigenvalue weighted by Gasteiger charge is 2.22. The zero-order valence-electron chi connectivity index (χ0n) is 13.4. The minimum Gasteiger partial charge on any atom is -0.312 e. The zero-order chi connectivity index (χ0) is 17.2. The van der Waals surface area contributed by atoms with Gasteiger partial charge in [-0.05, 0) is 48.7 Å². The van der Waals surface area contributed by atoms with Crippen LogP contribution in [0.4, 0.5) is 5.69 Å². The van der Waals surface area contributed by atoms with Gasteiger partial charge in [0.2, 0.25) is 15.9 Å². The molecule has 1 aromatic heterocycles. The third-order valence-electron chi connectivity index (χ3n) is 4.03. The number of aryl methyl sites for hydroxylation is 1. The van der Waals surface area contributed by atoms with Crippen LogP contribution in [0, 0.1) is 0 Å². The fourth-order valence-electron chi connectivity index (χ4n) is 2.82. The van der Waals surface area contributed by atoms with Crippen LogP contribution in [-0.2, 0) is 27.8 Å². The predicted octanol–water partition coefficient (Wildman–Crippen LogP) is 1.86. The van der Waals surface area contributed by atoms with E-state index in [9.17, 15) is 13.2 Å². The topological polar surface area (TPSA) is 79.4 Å². The lowest BCUT2D eigenvalue weighted by Gasteiger charge is -2.28. The maximum absolute atomic E-state index is 12.5. The number of nitrogens with zero attached hydrogens (tertiary/aromatic N) is 2. The summed E-state index contributed by atoms with van der Waals surface area (Å²) in [6, 6.07) is 10.3. The molecule has 1 aromatic carbocycles. The first kappa shape index (κ1) is 16.6. The van der Waals surface area contributed by atoms with Crippen LogP contribution in [0.1, 0.15) is 24.6 Å². The van der Waals surface area contributed by atoms with Crippen molar-refractivity contribution in [2.24, 2.45) is 0 Å². The van der Waals surface area contributed by atoms with Crippen LogP contribution >= 0.6 is 0 Å². The molecule has 0 spiro atoms. The normalized spacial score (nSPS) is 14.3. The molecule has 0 fully saturated rings. The van der Waals surface area contributed by atoms with Crippen molar-refractivity contribution in [2.45, 2.75) is 31.2 Å². The van der Waals surface area contributed by atoms with Crippen molar-refractivity contribution in [2.75, 3.05) is 11.4 Å². The lowest BCUT2D eigenvalue weighted by Crippen LogP contribution is -2.33. The molecule has 0 unspecified atom stereocenters. The molecular formula is C17H19N3O3S. The van der Waals surface area contributed by atoms with E-state index in [0.717, 1.165) is 24.1 Å². The summed E-state index contributed by atoms with van der Waals surface area (Å²) in [6.07, 6.45) is 3.22. The molecule has 1 aliphatic heterocycles. The summed E-state index contributed by atoms with van der Waals surface area (Å²) in [5.41, 5.74) is 2.34. The monoisotopic (exact) mass is 345 g/mol. The van der Waals surface area contributed by atoms with Gasteiger partial charge in [-0.15, -0.1) is 0 Å². The second kappa shape index (κ2) is 6.70. The number of aromatic nitrogens is 1. The average Bonchev–Trinajstić information content (AvgIpc) is 2.60. The maximum atomic E-state index is 12.5. The fourth-order valence-corrected chi connectivity index (χ4v) is 3.87. The molecule has 0 bridgehead atoms. The van der Waals surface area contributed by atoms with E-state index in [-0.39, 0.29) is 17.3 Å². The van der Waals surface area contributed by atoms with Gasteiger partial charge in [-0.2, -0.15) is 0 Å². The number of carbonyl (C=O) groups excluding carboxylic acids is 1. The van der Waals surface area contributed by atoms with Crippen LogP contribution in [0.25, 0.3) is 0 Å². The lowest BCUT2D eigenvalue weighted by atomic mass is 10.0. The van der Waals surface area contributed by atoms with Crippen molar-refractivity contribution in [3.05, 3.63) is 53.9 Å². The number of hydrogen-bond acceptors (Lipinski definition) is 4. The number of pyridine rings is 1. The Morgan fingerprint density at radius 1 is 1.29 bits per heavy atom. The van der Waals surface area contributed by atoms with E-state index < -0.39 is 10.0 Å². The van der Waals surface area contributed by atoms with Crippen LogP contribution in [0.15, 0.2) is 47.5 Å². The number of sulfonamides is 1. The van der Waals surface area contributed by atoms with Crippen molar-refractivity contribution in [1.29, 1.82) is 0 Å². The SMILES string of the molecule is CC(=O)N1CCCc2cc(S(=O)(=O)NCc3ccccn3)ccc21. The van der Waals surface area contributed by atoms with Crippen LogP contribution < -0.4 is 9.62 Å². The molecule has 1 N–H and O–H groups in total. The van der Waals surface area contributed by atoms with Crippen molar-refractivity contribution >= 4 is 21.6 Å². The molecule has 0 saturated carbocycles. The molecule has 24 heavy (non-hydrogen) atoms. The molecule has 7 heteroatoms. The summed E-state index contributed by atoms with van der Waals surface area (Å²) >= 11 is 0. The number of amides is 1. The molecular weight excluding hydrogens is 326 g/mol. The molecule has 6 nitrogen and oxygen atoms in total. The first-order chi connectivity index (χ1) is 11.5. The number of fused-ring (bicyclic) bond motifs is 1. The Hall–Kier alpha value is -2.25. The van der Waals surface area contributed by atoms with Gasteiger partial charge in [0.25, 0.3) is 0 Å². The van der Waals surface area contributed by atoms with Gasteiger partial charge in [-0.25, -0.2) is 13.1 Å². The second-order valence-corrected chi connectivity index (χ2v) is 7.48. The highest BCUT2D eigenvalue weighted by atomic mass is 32.2. The summed E-state index contributed by atoms with van der Waals surface area (Å²) in [7, 11) is -3.62. The van der Waals surface area contributed by atoms with E-state index >= 15 is 0 Å². The third kappa shape index (κ3) is 3.47. The van der Waals surface area contributed by atoms with E-state index in [4.69, 9.17) is 0 Å². The number of benzene rings is 1. The van der Waals surface area contributed by atoms with E-state index in [1.807, 2.05) is 6.07 Å². The molecule has 3 rings (SSSR count). The van der Waals surface area contributed by atoms with Gasteiger partial charge in [0, 0.05) is 25.4 Å². The van der Waals surface area contributed by atoms with Gasteiger partial charge in [0.15, 0.2) is 0 Å². The predicted molar refractivity (Wildman–Crippen MR) is 91.1 cm³/mol. The van der Waals surface area contributed by atoms with E-state index in [2.05, 4.69) is 9.71 Å². The van der Waals surface area contributed by atoms with E-state index in [1.165, 1.54) is 6.92 Å². The van der Waals surface area contributed by atoms with Crippen molar-refractivity contribution < 1.29 is 13.2 Å². The number of anilines is 1. The fraction of sp³-hybridized carbons (Fsp3) is 0.294. The number of hydrogen-bond donors (Lipinski definition) is 1. The Kier molecular flexibility index (Phi) is 4.64. The molecule has 0 saturated heterocycles. The van der Waals surface area contributed by atoms with Gasteiger partial charge in [-0.1, -0.05) is 6.07 Å². The molecule has 2 aromatic rings. The molecule has 2 heterocycles. The first-order valence-corrected chi connectivity index (χ1v) is 9.26. The number of rotatable bonds is 4. The Labute approximate surface area is 141 Å². The quantitative estimate of drug-likeness (QED) is 0.917. The van der Waals surface area contributed by atoms with Crippen LogP contribution in [0.3, 0.4) is 0 Å². The number of carbonyl (C=O) groups is 1. The van der Waals surface area contributed by atoms with Gasteiger partial charge in [0.1, 0.15) is 0 Å². The molecule has 1 aliphatic rings. The standard InChI is InChI=1S/C17H19N3O3S/c1-13(21)20-10-4-5-14-11-16(7-8-17(14)20)24(22,23)19-12-15-6-2-3-9-18-15/h2-3,6-9,11,19H,4-5,10,12H2,1H3. The Morgan fingerprint density at radius 3 is 2.83 bits per heavy atom. The van der Waals surface area contributed by atoms with Crippen LogP contribution in [0.5, 0.6) is 0 Å². The number of nitrogens with one attached hydrogen (secondary N) is 1. The summed E-state index contributed by atoms with van der Waals surface area (Å²) in [5.74, 6) is -0.0279. The second-order valence-electron chi connectivity index (χ2n) is 5.71. The van der Waals surface area contributed by atoms with Crippen LogP contribution in [-0.4, -0.2) is 25.9 Å². The summed E-state index contributed by atoms with van der Waals surface area (Å²) in [6.45, 7) is 2.33. The smallest absolute Gasteiger partial charge is 0.240 e. The molecule has 1 amide bonds. The van der Waals surface area contributed by atoms with Crippen molar-refractivity contribution in [1.82, 2.24) is 9.71 Å². The molecule has 0 aliphatic carbocycles. The average molecular weight is 345 g/mol. The van der Waals surface area contributed by atoms with E-state index in [1.54, 1.807) is 41.4 Å². The first-order valence-electron chi connectivity index (χ1n) is 7.78. The molecule has 126 valence electrons. The summed E-state index contributed by atoms with van der Waals surface area (Å²) < 4.78 is 27.5. The Bertz CT molecular complexity index is 851. The van der Waals surface area contributed by atoms with Gasteiger partial charge in [-0.3, -0.25) is 9.78 Å². The van der Waals surface area contributed by atoms with Gasteiger partial charge in [0.05, 0.1) is 17.1 Å². The Balaban J connectivity index is 1.83. The zero-order valence-corrected chi connectivity index (χ0v) is 14.2. The highest BCUT2D eigenvalue weighted by Crippen LogP contribution is 2.29. The minimum absolute atomic E-state index is 0.0279.